The number of carbonyl (C=O) groups is 2. The highest BCUT2D eigenvalue weighted by Crippen LogP contribution is 2.42. The quantitative estimate of drug-likeness (QED) is 0.921. The molecule has 2 aromatic carbocycles. The number of likely N-dealkylation sites (tertiary alicyclic amines) is 1. The van der Waals surface area contributed by atoms with E-state index in [0.717, 1.165) is 10.8 Å². The van der Waals surface area contributed by atoms with Crippen molar-refractivity contribution in [2.45, 2.75) is 6.42 Å². The summed E-state index contributed by atoms with van der Waals surface area (Å²) in [5, 5.41) is 11.8. The van der Waals surface area contributed by atoms with Gasteiger partial charge in [0.05, 0.1) is 12.0 Å². The molecule has 0 unspecified atom stereocenters. The Morgan fingerprint density at radius 3 is 2.71 bits per heavy atom. The van der Waals surface area contributed by atoms with Crippen LogP contribution in [0.15, 0.2) is 42.5 Å². The molecule has 0 radical (unpaired) electrons. The zero-order chi connectivity index (χ0) is 16.7. The van der Waals surface area contributed by atoms with E-state index in [9.17, 15) is 14.7 Å². The van der Waals surface area contributed by atoms with Gasteiger partial charge in [0.15, 0.2) is 0 Å². The van der Waals surface area contributed by atoms with E-state index in [-0.39, 0.29) is 18.4 Å². The first-order valence-electron chi connectivity index (χ1n) is 8.19. The molecule has 0 spiro atoms. The third-order valence-electron chi connectivity index (χ3n) is 5.42. The number of nitrogens with zero attached hydrogens (tertiary/aromatic N) is 1. The lowest BCUT2D eigenvalue weighted by Crippen LogP contribution is -2.45. The Labute approximate surface area is 139 Å². The molecule has 2 aliphatic rings. The molecule has 5 heteroatoms. The summed E-state index contributed by atoms with van der Waals surface area (Å²) < 4.78 is 5.45. The fourth-order valence-electron chi connectivity index (χ4n) is 3.96. The van der Waals surface area contributed by atoms with Crippen LogP contribution >= 0.6 is 0 Å². The Kier molecular flexibility index (Phi) is 3.53. The molecule has 24 heavy (non-hydrogen) atoms. The van der Waals surface area contributed by atoms with E-state index in [0.29, 0.717) is 31.7 Å². The number of carbonyl (C=O) groups excluding carboxylic acids is 1. The van der Waals surface area contributed by atoms with Crippen LogP contribution in [0.25, 0.3) is 10.8 Å². The number of fused-ring (bicyclic) bond motifs is 2. The Morgan fingerprint density at radius 1 is 1.17 bits per heavy atom. The van der Waals surface area contributed by atoms with Gasteiger partial charge in [-0.1, -0.05) is 30.3 Å². The van der Waals surface area contributed by atoms with E-state index in [1.54, 1.807) is 4.90 Å². The van der Waals surface area contributed by atoms with Gasteiger partial charge < -0.3 is 14.7 Å². The summed E-state index contributed by atoms with van der Waals surface area (Å²) in [5.74, 6) is -1.05. The summed E-state index contributed by atoms with van der Waals surface area (Å²) in [6, 6.07) is 13.5. The van der Waals surface area contributed by atoms with Crippen molar-refractivity contribution in [3.8, 4) is 0 Å². The predicted molar refractivity (Wildman–Crippen MR) is 88.8 cm³/mol. The van der Waals surface area contributed by atoms with Gasteiger partial charge in [-0.3, -0.25) is 9.59 Å². The lowest BCUT2D eigenvalue weighted by Gasteiger charge is -2.33. The van der Waals surface area contributed by atoms with Crippen LogP contribution in [0.5, 0.6) is 0 Å². The SMILES string of the molecule is O=C(c1ccc2ccccc2c1)N1C[C@H]2COCC[C@@]2(C(=O)O)C1. The first kappa shape index (κ1) is 15.1. The van der Waals surface area contributed by atoms with Crippen LogP contribution in [0, 0.1) is 11.3 Å². The molecule has 5 nitrogen and oxygen atoms in total. The van der Waals surface area contributed by atoms with Crippen molar-refractivity contribution in [2.75, 3.05) is 26.3 Å². The number of aliphatic carboxylic acids is 1. The van der Waals surface area contributed by atoms with Crippen molar-refractivity contribution < 1.29 is 19.4 Å². The van der Waals surface area contributed by atoms with Crippen LogP contribution in [0.1, 0.15) is 16.8 Å². The van der Waals surface area contributed by atoms with Crippen LogP contribution in [0.4, 0.5) is 0 Å². The van der Waals surface area contributed by atoms with Crippen molar-refractivity contribution in [1.29, 1.82) is 0 Å². The van der Waals surface area contributed by atoms with Crippen LogP contribution < -0.4 is 0 Å². The van der Waals surface area contributed by atoms with Crippen molar-refractivity contribution in [3.05, 3.63) is 48.0 Å². The van der Waals surface area contributed by atoms with E-state index in [4.69, 9.17) is 4.74 Å². The molecule has 2 aromatic rings. The molecular formula is C19H19NO4. The van der Waals surface area contributed by atoms with E-state index in [1.807, 2.05) is 42.5 Å². The maximum atomic E-state index is 12.9. The second-order valence-corrected chi connectivity index (χ2v) is 6.73. The summed E-state index contributed by atoms with van der Waals surface area (Å²) in [6.07, 6.45) is 0.467. The average Bonchev–Trinajstić information content (AvgIpc) is 3.02. The van der Waals surface area contributed by atoms with Crippen molar-refractivity contribution >= 4 is 22.6 Å². The molecule has 0 bridgehead atoms. The van der Waals surface area contributed by atoms with Gasteiger partial charge in [0.2, 0.25) is 0 Å². The van der Waals surface area contributed by atoms with Gasteiger partial charge in [0.1, 0.15) is 0 Å². The van der Waals surface area contributed by atoms with Gasteiger partial charge in [-0.05, 0) is 29.3 Å². The topological polar surface area (TPSA) is 66.8 Å². The van der Waals surface area contributed by atoms with Gasteiger partial charge in [0, 0.05) is 31.2 Å². The summed E-state index contributed by atoms with van der Waals surface area (Å²) in [6.45, 7) is 1.56. The predicted octanol–water partition coefficient (Wildman–Crippen LogP) is 2.40. The third-order valence-corrected chi connectivity index (χ3v) is 5.42. The molecule has 0 saturated carbocycles. The molecule has 0 aromatic heterocycles. The standard InChI is InChI=1S/C19H19NO4/c21-17(15-6-5-13-3-1-2-4-14(13)9-15)20-10-16-11-24-8-7-19(16,12-20)18(22)23/h1-6,9,16H,7-8,10-12H2,(H,22,23)/t16-,19+/m0/s1. The van der Waals surface area contributed by atoms with Gasteiger partial charge in [0.25, 0.3) is 5.91 Å². The zero-order valence-corrected chi connectivity index (χ0v) is 13.3. The molecule has 124 valence electrons. The lowest BCUT2D eigenvalue weighted by molar-refractivity contribution is -0.157. The average molecular weight is 325 g/mol. The Bertz CT molecular complexity index is 818. The van der Waals surface area contributed by atoms with E-state index in [1.165, 1.54) is 0 Å². The van der Waals surface area contributed by atoms with Crippen molar-refractivity contribution in [1.82, 2.24) is 4.90 Å². The molecule has 2 aliphatic heterocycles. The Balaban J connectivity index is 1.63. The van der Waals surface area contributed by atoms with E-state index >= 15 is 0 Å². The maximum Gasteiger partial charge on any atom is 0.311 e. The molecule has 2 heterocycles. The minimum atomic E-state index is -0.856. The number of carboxylic acid groups (broad SMARTS) is 1. The Hall–Kier alpha value is -2.40. The third kappa shape index (κ3) is 2.27. The highest BCUT2D eigenvalue weighted by molar-refractivity contribution is 5.99. The summed E-state index contributed by atoms with van der Waals surface area (Å²) in [5.41, 5.74) is -0.251. The Morgan fingerprint density at radius 2 is 1.96 bits per heavy atom. The van der Waals surface area contributed by atoms with Gasteiger partial charge in [-0.15, -0.1) is 0 Å². The summed E-state index contributed by atoms with van der Waals surface area (Å²) in [4.78, 5) is 26.4. The number of carboxylic acids is 1. The first-order valence-corrected chi connectivity index (χ1v) is 8.19. The lowest BCUT2D eigenvalue weighted by atomic mass is 9.74. The molecule has 2 atom stereocenters. The second-order valence-electron chi connectivity index (χ2n) is 6.73. The number of rotatable bonds is 2. The largest absolute Gasteiger partial charge is 0.481 e. The highest BCUT2D eigenvalue weighted by atomic mass is 16.5. The zero-order valence-electron chi connectivity index (χ0n) is 13.3. The molecule has 4 rings (SSSR count). The molecule has 1 amide bonds. The summed E-state index contributed by atoms with van der Waals surface area (Å²) in [7, 11) is 0. The van der Waals surface area contributed by atoms with Crippen molar-refractivity contribution in [2.24, 2.45) is 11.3 Å². The second kappa shape index (κ2) is 5.60. The number of benzene rings is 2. The van der Waals surface area contributed by atoms with Crippen LogP contribution in [0.2, 0.25) is 0 Å². The molecule has 0 aliphatic carbocycles. The minimum Gasteiger partial charge on any atom is -0.481 e. The number of ether oxygens (including phenoxy) is 1. The molecule has 1 N–H and O–H groups in total. The minimum absolute atomic E-state index is 0.101. The van der Waals surface area contributed by atoms with E-state index in [2.05, 4.69) is 0 Å². The van der Waals surface area contributed by atoms with Crippen LogP contribution in [-0.4, -0.2) is 48.2 Å². The highest BCUT2D eigenvalue weighted by Gasteiger charge is 2.54. The molecule has 2 fully saturated rings. The van der Waals surface area contributed by atoms with Crippen molar-refractivity contribution in [3.63, 3.8) is 0 Å². The van der Waals surface area contributed by atoms with Gasteiger partial charge >= 0.3 is 5.97 Å². The van der Waals surface area contributed by atoms with Crippen LogP contribution in [-0.2, 0) is 9.53 Å². The fraction of sp³-hybridized carbons (Fsp3) is 0.368. The van der Waals surface area contributed by atoms with E-state index < -0.39 is 11.4 Å². The normalized spacial score (nSPS) is 26.3. The smallest absolute Gasteiger partial charge is 0.311 e. The van der Waals surface area contributed by atoms with Gasteiger partial charge in [-0.25, -0.2) is 0 Å². The fourth-order valence-corrected chi connectivity index (χ4v) is 3.96. The first-order chi connectivity index (χ1) is 11.6. The molecular weight excluding hydrogens is 306 g/mol. The van der Waals surface area contributed by atoms with Crippen LogP contribution in [0.3, 0.4) is 0 Å². The van der Waals surface area contributed by atoms with Gasteiger partial charge in [-0.2, -0.15) is 0 Å². The number of hydrogen-bond donors (Lipinski definition) is 1. The number of hydrogen-bond acceptors (Lipinski definition) is 3. The molecule has 2 saturated heterocycles. The maximum absolute atomic E-state index is 12.9. The monoisotopic (exact) mass is 325 g/mol. The number of amides is 1. The summed E-state index contributed by atoms with van der Waals surface area (Å²) >= 11 is 0.